The first-order valence-corrected chi connectivity index (χ1v) is 5.48. The molecular weight excluding hydrogens is 144 g/mol. The summed E-state index contributed by atoms with van der Waals surface area (Å²) in [5.41, 5.74) is 1.64. The van der Waals surface area contributed by atoms with Crippen molar-refractivity contribution >= 4 is 0 Å². The third-order valence-electron chi connectivity index (χ3n) is 3.72. The highest BCUT2D eigenvalue weighted by Gasteiger charge is 2.44. The van der Waals surface area contributed by atoms with Crippen molar-refractivity contribution in [2.45, 2.75) is 46.0 Å². The molecule has 0 radical (unpaired) electrons. The molecule has 0 heteroatoms. The normalized spacial score (nSPS) is 39.8. The smallest absolute Gasteiger partial charge is 0.0174 e. The van der Waals surface area contributed by atoms with Crippen LogP contribution in [0.2, 0.25) is 0 Å². The van der Waals surface area contributed by atoms with Crippen LogP contribution in [0.25, 0.3) is 0 Å². The van der Waals surface area contributed by atoms with Crippen LogP contribution in [-0.2, 0) is 0 Å². The predicted octanol–water partition coefficient (Wildman–Crippen LogP) is 3.78. The number of hydrogen-bond acceptors (Lipinski definition) is 0. The van der Waals surface area contributed by atoms with Crippen molar-refractivity contribution in [2.75, 3.05) is 0 Å². The Hall–Kier alpha value is -0.260. The van der Waals surface area contributed by atoms with Gasteiger partial charge >= 0.3 is 0 Å². The molecule has 3 aliphatic carbocycles. The van der Waals surface area contributed by atoms with Gasteiger partial charge in [-0.1, -0.05) is 25.0 Å². The average molecular weight is 164 g/mol. The third kappa shape index (κ3) is 1.32. The van der Waals surface area contributed by atoms with Crippen LogP contribution in [0.1, 0.15) is 46.0 Å². The Labute approximate surface area is 76.1 Å². The quantitative estimate of drug-likeness (QED) is 0.557. The van der Waals surface area contributed by atoms with Gasteiger partial charge in [0.1, 0.15) is 0 Å². The summed E-state index contributed by atoms with van der Waals surface area (Å²) in [6.45, 7) is 4.58. The molecule has 0 aliphatic heterocycles. The monoisotopic (exact) mass is 164 g/mol. The molecule has 2 bridgehead atoms. The Kier molecular flexibility index (Phi) is 2.25. The number of allylic oxidation sites excluding steroid dienone is 2. The Bertz CT molecular complexity index is 176. The van der Waals surface area contributed by atoms with E-state index in [0.717, 1.165) is 17.8 Å². The van der Waals surface area contributed by atoms with Crippen LogP contribution in [0.3, 0.4) is 0 Å². The minimum atomic E-state index is 0.997. The largest absolute Gasteiger partial charge is 0.0819 e. The lowest BCUT2D eigenvalue weighted by Gasteiger charge is -2.33. The Morgan fingerprint density at radius 2 is 2.00 bits per heavy atom. The first-order valence-electron chi connectivity index (χ1n) is 5.48. The van der Waals surface area contributed by atoms with Crippen LogP contribution >= 0.6 is 0 Å². The first-order chi connectivity index (χ1) is 5.81. The molecule has 0 spiro atoms. The maximum Gasteiger partial charge on any atom is -0.0174 e. The van der Waals surface area contributed by atoms with Gasteiger partial charge < -0.3 is 0 Å². The summed E-state index contributed by atoms with van der Waals surface area (Å²) in [5, 5.41) is 0. The lowest BCUT2D eigenvalue weighted by atomic mass is 9.71. The molecule has 0 heterocycles. The van der Waals surface area contributed by atoms with Gasteiger partial charge in [0.15, 0.2) is 0 Å². The van der Waals surface area contributed by atoms with Gasteiger partial charge in [-0.3, -0.25) is 0 Å². The van der Waals surface area contributed by atoms with E-state index in [0.29, 0.717) is 0 Å². The first kappa shape index (κ1) is 8.34. The molecule has 0 aromatic heterocycles. The molecular formula is C12H20. The van der Waals surface area contributed by atoms with Crippen molar-refractivity contribution in [3.8, 4) is 0 Å². The average Bonchev–Trinajstić information content (AvgIpc) is 2.60. The number of fused-ring (bicyclic) bond motifs is 1. The van der Waals surface area contributed by atoms with Crippen LogP contribution < -0.4 is 0 Å². The van der Waals surface area contributed by atoms with Crippen molar-refractivity contribution in [1.29, 1.82) is 0 Å². The van der Waals surface area contributed by atoms with Crippen LogP contribution in [-0.4, -0.2) is 0 Å². The molecule has 0 nitrogen and oxygen atoms in total. The van der Waals surface area contributed by atoms with Gasteiger partial charge in [-0.05, 0) is 50.4 Å². The van der Waals surface area contributed by atoms with E-state index in [1.165, 1.54) is 25.7 Å². The molecule has 3 saturated carbocycles. The van der Waals surface area contributed by atoms with Gasteiger partial charge in [-0.15, -0.1) is 0 Å². The van der Waals surface area contributed by atoms with E-state index in [2.05, 4.69) is 19.9 Å². The maximum atomic E-state index is 2.58. The van der Waals surface area contributed by atoms with Crippen molar-refractivity contribution in [3.63, 3.8) is 0 Å². The second kappa shape index (κ2) is 3.24. The summed E-state index contributed by atoms with van der Waals surface area (Å²) in [4.78, 5) is 0. The summed E-state index contributed by atoms with van der Waals surface area (Å²) >= 11 is 0. The van der Waals surface area contributed by atoms with Gasteiger partial charge in [0.05, 0.1) is 0 Å². The van der Waals surface area contributed by atoms with Crippen LogP contribution in [0.4, 0.5) is 0 Å². The molecule has 0 aromatic carbocycles. The molecule has 3 fully saturated rings. The van der Waals surface area contributed by atoms with Gasteiger partial charge in [0, 0.05) is 0 Å². The van der Waals surface area contributed by atoms with E-state index in [-0.39, 0.29) is 0 Å². The minimum Gasteiger partial charge on any atom is -0.0819 e. The van der Waals surface area contributed by atoms with Gasteiger partial charge in [-0.25, -0.2) is 0 Å². The molecule has 68 valence electrons. The minimum absolute atomic E-state index is 0.997. The van der Waals surface area contributed by atoms with Crippen LogP contribution in [0, 0.1) is 17.8 Å². The van der Waals surface area contributed by atoms with E-state index in [4.69, 9.17) is 0 Å². The zero-order valence-electron chi connectivity index (χ0n) is 8.34. The second-order valence-electron chi connectivity index (χ2n) is 4.67. The highest BCUT2D eigenvalue weighted by molar-refractivity contribution is 5.11. The van der Waals surface area contributed by atoms with E-state index in [9.17, 15) is 0 Å². The van der Waals surface area contributed by atoms with Crippen molar-refractivity contribution in [2.24, 2.45) is 17.8 Å². The summed E-state index contributed by atoms with van der Waals surface area (Å²) in [7, 11) is 0. The molecule has 3 rings (SSSR count). The standard InChI is InChI=1S/C12H20/c1-3-4-9(2)7-12-10-5-6-11(12)8-10/h7,10-12H,3-6,8H2,1-2H3/b9-7+. The molecule has 0 aromatic rings. The molecule has 3 aliphatic rings. The van der Waals surface area contributed by atoms with Crippen LogP contribution in [0.15, 0.2) is 11.6 Å². The number of hydrogen-bond donors (Lipinski definition) is 0. The molecule has 0 N–H and O–H groups in total. The van der Waals surface area contributed by atoms with E-state index < -0.39 is 0 Å². The fraction of sp³-hybridized carbons (Fsp3) is 0.833. The van der Waals surface area contributed by atoms with E-state index in [1.807, 2.05) is 0 Å². The number of rotatable bonds is 3. The zero-order chi connectivity index (χ0) is 8.55. The lowest BCUT2D eigenvalue weighted by Crippen LogP contribution is -2.25. The zero-order valence-corrected chi connectivity index (χ0v) is 8.34. The highest BCUT2D eigenvalue weighted by Crippen LogP contribution is 2.54. The second-order valence-corrected chi connectivity index (χ2v) is 4.67. The summed E-state index contributed by atoms with van der Waals surface area (Å²) in [6, 6.07) is 0. The fourth-order valence-corrected chi connectivity index (χ4v) is 3.02. The Balaban J connectivity index is 1.90. The van der Waals surface area contributed by atoms with Gasteiger partial charge in [0.25, 0.3) is 0 Å². The third-order valence-corrected chi connectivity index (χ3v) is 3.72. The van der Waals surface area contributed by atoms with Gasteiger partial charge in [-0.2, -0.15) is 0 Å². The summed E-state index contributed by atoms with van der Waals surface area (Å²) < 4.78 is 0. The molecule has 12 heavy (non-hydrogen) atoms. The molecule has 2 atom stereocenters. The maximum absolute atomic E-state index is 2.58. The van der Waals surface area contributed by atoms with Crippen molar-refractivity contribution < 1.29 is 0 Å². The molecule has 0 amide bonds. The topological polar surface area (TPSA) is 0 Å². The van der Waals surface area contributed by atoms with E-state index in [1.54, 1.807) is 12.0 Å². The fourth-order valence-electron chi connectivity index (χ4n) is 3.02. The SMILES string of the molecule is CCC/C(C)=C/C1C2CCC1C2. The lowest BCUT2D eigenvalue weighted by molar-refractivity contribution is 0.208. The highest BCUT2D eigenvalue weighted by atomic mass is 14.5. The molecule has 0 saturated heterocycles. The Morgan fingerprint density at radius 1 is 1.33 bits per heavy atom. The molecule has 2 unspecified atom stereocenters. The van der Waals surface area contributed by atoms with Crippen molar-refractivity contribution in [1.82, 2.24) is 0 Å². The Morgan fingerprint density at radius 3 is 2.50 bits per heavy atom. The summed E-state index contributed by atoms with van der Waals surface area (Å²) in [5.74, 6) is 3.17. The van der Waals surface area contributed by atoms with E-state index >= 15 is 0 Å². The van der Waals surface area contributed by atoms with Crippen LogP contribution in [0.5, 0.6) is 0 Å². The summed E-state index contributed by atoms with van der Waals surface area (Å²) in [6.07, 6.45) is 9.78. The predicted molar refractivity (Wildman–Crippen MR) is 53.0 cm³/mol. The van der Waals surface area contributed by atoms with Gasteiger partial charge in [0.2, 0.25) is 0 Å². The van der Waals surface area contributed by atoms with Crippen molar-refractivity contribution in [3.05, 3.63) is 11.6 Å².